The zero-order chi connectivity index (χ0) is 55.0. The lowest BCUT2D eigenvalue weighted by atomic mass is 9.91. The molecule has 0 radical (unpaired) electrons. The number of hydrogen-bond acceptors (Lipinski definition) is 7. The molecule has 75 heavy (non-hydrogen) atoms. The van der Waals surface area contributed by atoms with Crippen molar-refractivity contribution in [2.75, 3.05) is 0 Å². The molecule has 2 unspecified atom stereocenters. The molecule has 0 aromatic carbocycles. The summed E-state index contributed by atoms with van der Waals surface area (Å²) in [5.74, 6) is -1.03. The number of ketones is 4. The van der Waals surface area contributed by atoms with E-state index in [1.54, 1.807) is 0 Å². The van der Waals surface area contributed by atoms with Crippen molar-refractivity contribution in [1.29, 1.82) is 0 Å². The summed E-state index contributed by atoms with van der Waals surface area (Å²) in [6.07, 6.45) is 63.1. The highest BCUT2D eigenvalue weighted by atomic mass is 16.6. The molecule has 0 bridgehead atoms. The van der Waals surface area contributed by atoms with Gasteiger partial charge in [-0.1, -0.05) is 336 Å². The van der Waals surface area contributed by atoms with Gasteiger partial charge in [0.25, 0.3) is 0 Å². The molecule has 0 aliphatic heterocycles. The molecule has 0 spiro atoms. The van der Waals surface area contributed by atoms with Crippen LogP contribution < -0.4 is 11.5 Å². The van der Waals surface area contributed by atoms with E-state index < -0.39 is 11.4 Å². The van der Waals surface area contributed by atoms with Gasteiger partial charge in [-0.25, -0.2) is 0 Å². The first-order valence-electron chi connectivity index (χ1n) is 34.0. The van der Waals surface area contributed by atoms with Crippen LogP contribution in [0.4, 0.5) is 0 Å². The third kappa shape index (κ3) is 48.2. The topological polar surface area (TPSA) is 130 Å². The van der Waals surface area contributed by atoms with E-state index in [2.05, 4.69) is 27.7 Å². The van der Waals surface area contributed by atoms with Crippen LogP contribution in [0.2, 0.25) is 0 Å². The van der Waals surface area contributed by atoms with Crippen molar-refractivity contribution in [3.63, 3.8) is 0 Å². The van der Waals surface area contributed by atoms with Gasteiger partial charge in [0.2, 0.25) is 0 Å². The van der Waals surface area contributed by atoms with Crippen molar-refractivity contribution in [2.45, 2.75) is 412 Å². The Balaban J connectivity index is 5.62. The van der Waals surface area contributed by atoms with Crippen LogP contribution in [-0.4, -0.2) is 34.6 Å². The number of nitrogens with two attached hydrogens (primary N) is 2. The summed E-state index contributed by atoms with van der Waals surface area (Å²) in [5.41, 5.74) is 9.89. The Hall–Kier alpha value is -1.44. The van der Waals surface area contributed by atoms with Gasteiger partial charge in [0.15, 0.2) is 23.0 Å². The second-order valence-electron chi connectivity index (χ2n) is 24.1. The second kappa shape index (κ2) is 55.9. The lowest BCUT2D eigenvalue weighted by Gasteiger charge is -2.37. The van der Waals surface area contributed by atoms with Gasteiger partial charge in [0, 0.05) is 25.7 Å². The zero-order valence-corrected chi connectivity index (χ0v) is 51.2. The Morgan fingerprint density at radius 2 is 0.387 bits per heavy atom. The van der Waals surface area contributed by atoms with E-state index in [-0.39, 0.29) is 48.8 Å². The van der Waals surface area contributed by atoms with Crippen molar-refractivity contribution in [3.8, 4) is 0 Å². The maximum atomic E-state index is 14.3. The predicted molar refractivity (Wildman–Crippen MR) is 325 cm³/mol. The van der Waals surface area contributed by atoms with Crippen molar-refractivity contribution in [2.24, 2.45) is 11.5 Å². The number of hydrogen-bond donors (Lipinski definition) is 2. The van der Waals surface area contributed by atoms with E-state index in [4.69, 9.17) is 16.2 Å². The SMILES string of the molecule is CCCCCCCCCCCCCCCC(=O)CC(N)(OC(N)(CC(=O)CCCCCCCCCCCCCCC)C(=O)CCCCCCCCCCCCCCC)C(=O)CCCCCCCCCCCCCCC. The van der Waals surface area contributed by atoms with Crippen LogP contribution in [0, 0.1) is 0 Å². The number of Topliss-reactive ketones (excluding diaryl/α,β-unsaturated/α-hetero) is 4. The van der Waals surface area contributed by atoms with E-state index in [9.17, 15) is 19.2 Å². The number of ether oxygens (including phenoxy) is 1. The summed E-state index contributed by atoms with van der Waals surface area (Å²) in [7, 11) is 0. The molecule has 2 atom stereocenters. The van der Waals surface area contributed by atoms with E-state index in [0.29, 0.717) is 25.7 Å². The van der Waals surface area contributed by atoms with Gasteiger partial charge in [0.1, 0.15) is 11.6 Å². The first-order valence-corrected chi connectivity index (χ1v) is 34.0. The monoisotopic (exact) mass is 1060 g/mol. The largest absolute Gasteiger partial charge is 0.324 e. The Bertz CT molecular complexity index is 1180. The van der Waals surface area contributed by atoms with Gasteiger partial charge in [0.05, 0.1) is 12.8 Å². The summed E-state index contributed by atoms with van der Waals surface area (Å²) in [6, 6.07) is 0. The van der Waals surface area contributed by atoms with Crippen molar-refractivity contribution in [3.05, 3.63) is 0 Å². The summed E-state index contributed by atoms with van der Waals surface area (Å²) < 4.78 is 6.47. The molecule has 0 heterocycles. The van der Waals surface area contributed by atoms with Gasteiger partial charge in [-0.3, -0.25) is 30.6 Å². The minimum absolute atomic E-state index is 0.135. The standard InChI is InChI=1S/C68H132N2O5/c1-5-9-13-17-21-25-29-33-37-41-45-49-53-57-63(71)61-67(69,65(73)59-55-51-47-43-39-35-31-27-23-19-15-11-7-3)75-68(70,66(74)60-56-52-48-44-40-36-32-28-24-20-16-12-8-4)62-64(72)58-54-50-46-42-38-34-30-26-22-18-14-10-6-2/h5-62,69-70H2,1-4H3. The normalized spacial score (nSPS) is 13.3. The number of carbonyl (C=O) groups is 4. The van der Waals surface area contributed by atoms with Gasteiger partial charge in [-0.2, -0.15) is 0 Å². The molecule has 0 saturated heterocycles. The molecule has 0 fully saturated rings. The highest BCUT2D eigenvalue weighted by molar-refractivity contribution is 5.95. The van der Waals surface area contributed by atoms with E-state index >= 15 is 0 Å². The molecule has 0 aliphatic rings. The third-order valence-corrected chi connectivity index (χ3v) is 16.4. The molecule has 444 valence electrons. The first kappa shape index (κ1) is 73.6. The van der Waals surface area contributed by atoms with Crippen LogP contribution in [0.15, 0.2) is 0 Å². The maximum Gasteiger partial charge on any atom is 0.185 e. The fourth-order valence-electron chi connectivity index (χ4n) is 11.2. The summed E-state index contributed by atoms with van der Waals surface area (Å²) in [5, 5.41) is 0. The fourth-order valence-corrected chi connectivity index (χ4v) is 11.2. The zero-order valence-electron chi connectivity index (χ0n) is 51.2. The Morgan fingerprint density at radius 3 is 0.560 bits per heavy atom. The fraction of sp³-hybridized carbons (Fsp3) is 0.941. The molecular formula is C68H132N2O5. The van der Waals surface area contributed by atoms with Gasteiger partial charge >= 0.3 is 0 Å². The molecule has 0 aliphatic carbocycles. The van der Waals surface area contributed by atoms with Crippen molar-refractivity contribution in [1.82, 2.24) is 0 Å². The Labute approximate surface area is 468 Å². The lowest BCUT2D eigenvalue weighted by Crippen LogP contribution is -2.63. The van der Waals surface area contributed by atoms with Crippen LogP contribution in [0.25, 0.3) is 0 Å². The van der Waals surface area contributed by atoms with E-state index in [1.165, 1.54) is 244 Å². The molecule has 0 saturated carbocycles. The minimum Gasteiger partial charge on any atom is -0.324 e. The summed E-state index contributed by atoms with van der Waals surface area (Å²) >= 11 is 0. The summed E-state index contributed by atoms with van der Waals surface area (Å²) in [6.45, 7) is 9.06. The van der Waals surface area contributed by atoms with Crippen LogP contribution >= 0.6 is 0 Å². The molecule has 0 aromatic heterocycles. The number of rotatable bonds is 64. The molecule has 0 amide bonds. The van der Waals surface area contributed by atoms with Crippen molar-refractivity contribution >= 4 is 23.1 Å². The highest BCUT2D eigenvalue weighted by Crippen LogP contribution is 2.29. The molecule has 7 heteroatoms. The van der Waals surface area contributed by atoms with E-state index in [1.807, 2.05) is 0 Å². The average molecular weight is 1060 g/mol. The molecule has 4 N–H and O–H groups in total. The Morgan fingerprint density at radius 1 is 0.240 bits per heavy atom. The number of unbranched alkanes of at least 4 members (excludes halogenated alkanes) is 48. The molecule has 0 aromatic rings. The van der Waals surface area contributed by atoms with Gasteiger partial charge in [-0.15, -0.1) is 0 Å². The van der Waals surface area contributed by atoms with E-state index in [0.717, 1.165) is 77.0 Å². The first-order chi connectivity index (χ1) is 36.6. The van der Waals surface area contributed by atoms with Crippen LogP contribution in [0.5, 0.6) is 0 Å². The van der Waals surface area contributed by atoms with Gasteiger partial charge in [-0.05, 0) is 25.7 Å². The molecular weight excluding hydrogens is 925 g/mol. The van der Waals surface area contributed by atoms with Crippen molar-refractivity contribution < 1.29 is 23.9 Å². The van der Waals surface area contributed by atoms with Crippen LogP contribution in [0.1, 0.15) is 400 Å². The average Bonchev–Trinajstić information content (AvgIpc) is 3.39. The number of carbonyl (C=O) groups excluding carboxylic acids is 4. The van der Waals surface area contributed by atoms with Crippen LogP contribution in [0.3, 0.4) is 0 Å². The third-order valence-electron chi connectivity index (χ3n) is 16.4. The smallest absolute Gasteiger partial charge is 0.185 e. The molecule has 0 rings (SSSR count). The highest BCUT2D eigenvalue weighted by Gasteiger charge is 2.47. The second-order valence-corrected chi connectivity index (χ2v) is 24.1. The lowest BCUT2D eigenvalue weighted by molar-refractivity contribution is -0.186. The Kier molecular flexibility index (Phi) is 54.8. The summed E-state index contributed by atoms with van der Waals surface area (Å²) in [4.78, 5) is 56.2. The quantitative estimate of drug-likeness (QED) is 0.0458. The maximum absolute atomic E-state index is 14.3. The molecule has 7 nitrogen and oxygen atoms in total. The predicted octanol–water partition coefficient (Wildman–Crippen LogP) is 21.3. The minimum atomic E-state index is -2.05. The van der Waals surface area contributed by atoms with Crippen LogP contribution in [-0.2, 0) is 23.9 Å². The van der Waals surface area contributed by atoms with Gasteiger partial charge < -0.3 is 4.74 Å².